The van der Waals surface area contributed by atoms with Crippen LogP contribution in [-0.4, -0.2) is 21.0 Å². The van der Waals surface area contributed by atoms with E-state index in [4.69, 9.17) is 5.73 Å². The first-order valence-corrected chi connectivity index (χ1v) is 8.01. The van der Waals surface area contributed by atoms with E-state index >= 15 is 0 Å². The summed E-state index contributed by atoms with van der Waals surface area (Å²) in [7, 11) is -3.50. The molecule has 0 saturated carbocycles. The van der Waals surface area contributed by atoms with Crippen LogP contribution in [0.1, 0.15) is 35.6 Å². The predicted octanol–water partition coefficient (Wildman–Crippen LogP) is 1.94. The van der Waals surface area contributed by atoms with Crippen molar-refractivity contribution >= 4 is 10.0 Å². The Hall–Kier alpha value is -0.910. The molecule has 0 spiro atoms. The van der Waals surface area contributed by atoms with Crippen LogP contribution in [0.3, 0.4) is 0 Å². The van der Waals surface area contributed by atoms with Crippen LogP contribution < -0.4 is 10.5 Å². The minimum Gasteiger partial charge on any atom is -0.327 e. The van der Waals surface area contributed by atoms with Gasteiger partial charge in [0.1, 0.15) is 0 Å². The summed E-state index contributed by atoms with van der Waals surface area (Å²) < 4.78 is 27.5. The van der Waals surface area contributed by atoms with Crippen molar-refractivity contribution in [2.45, 2.75) is 52.0 Å². The van der Waals surface area contributed by atoms with Gasteiger partial charge in [0.05, 0.1) is 4.90 Å². The fourth-order valence-corrected chi connectivity index (χ4v) is 3.72. The average Bonchev–Trinajstić information content (AvgIpc) is 2.33. The zero-order valence-electron chi connectivity index (χ0n) is 12.4. The van der Waals surface area contributed by atoms with E-state index in [2.05, 4.69) is 4.72 Å². The Morgan fingerprint density at radius 1 is 1.16 bits per heavy atom. The van der Waals surface area contributed by atoms with E-state index in [-0.39, 0.29) is 12.6 Å². The number of rotatable bonds is 5. The van der Waals surface area contributed by atoms with E-state index in [0.717, 1.165) is 28.7 Å². The number of nitrogens with two attached hydrogens (primary N) is 1. The second kappa shape index (κ2) is 6.03. The lowest BCUT2D eigenvalue weighted by molar-refractivity contribution is 0.562. The molecule has 0 amide bonds. The fourth-order valence-electron chi connectivity index (χ4n) is 2.02. The molecule has 108 valence electrons. The molecule has 1 rings (SSSR count). The van der Waals surface area contributed by atoms with Crippen molar-refractivity contribution in [3.05, 3.63) is 28.3 Å². The Morgan fingerprint density at radius 2 is 1.63 bits per heavy atom. The first-order valence-electron chi connectivity index (χ1n) is 6.53. The van der Waals surface area contributed by atoms with Crippen LogP contribution in [0.15, 0.2) is 11.0 Å². The van der Waals surface area contributed by atoms with Gasteiger partial charge in [-0.15, -0.1) is 0 Å². The summed E-state index contributed by atoms with van der Waals surface area (Å²) in [4.78, 5) is 0.397. The summed E-state index contributed by atoms with van der Waals surface area (Å²) in [6.07, 6.45) is 0.743. The highest BCUT2D eigenvalue weighted by Gasteiger charge is 2.22. The van der Waals surface area contributed by atoms with Crippen molar-refractivity contribution in [2.24, 2.45) is 5.73 Å². The molecule has 3 N–H and O–H groups in total. The fraction of sp³-hybridized carbons (Fsp3) is 0.571. The molecule has 1 unspecified atom stereocenters. The van der Waals surface area contributed by atoms with Crippen LogP contribution in [0.2, 0.25) is 0 Å². The molecule has 0 aliphatic heterocycles. The third-order valence-electron chi connectivity index (χ3n) is 3.63. The normalized spacial score (nSPS) is 13.6. The first-order chi connectivity index (χ1) is 8.70. The zero-order valence-corrected chi connectivity index (χ0v) is 13.2. The quantitative estimate of drug-likeness (QED) is 0.868. The maximum atomic E-state index is 12.4. The van der Waals surface area contributed by atoms with Crippen LogP contribution in [0.25, 0.3) is 0 Å². The molecule has 0 saturated heterocycles. The molecule has 1 aromatic rings. The summed E-state index contributed by atoms with van der Waals surface area (Å²) in [6.45, 7) is 9.75. The van der Waals surface area contributed by atoms with E-state index in [1.54, 1.807) is 0 Å². The number of sulfonamides is 1. The van der Waals surface area contributed by atoms with Crippen LogP contribution in [0.5, 0.6) is 0 Å². The van der Waals surface area contributed by atoms with Crippen molar-refractivity contribution in [3.63, 3.8) is 0 Å². The number of hydrogen-bond acceptors (Lipinski definition) is 3. The molecule has 5 heteroatoms. The molecule has 0 heterocycles. The summed E-state index contributed by atoms with van der Waals surface area (Å²) in [6, 6.07) is 1.86. The smallest absolute Gasteiger partial charge is 0.241 e. The second-order valence-electron chi connectivity index (χ2n) is 5.11. The predicted molar refractivity (Wildman–Crippen MR) is 78.8 cm³/mol. The van der Waals surface area contributed by atoms with E-state index in [9.17, 15) is 8.42 Å². The van der Waals surface area contributed by atoms with Gasteiger partial charge in [-0.05, 0) is 56.4 Å². The van der Waals surface area contributed by atoms with Crippen molar-refractivity contribution in [2.75, 3.05) is 6.54 Å². The van der Waals surface area contributed by atoms with Crippen LogP contribution in [-0.2, 0) is 10.0 Å². The van der Waals surface area contributed by atoms with Crippen molar-refractivity contribution in [1.29, 1.82) is 0 Å². The monoisotopic (exact) mass is 284 g/mol. The summed E-state index contributed by atoms with van der Waals surface area (Å²) in [5.41, 5.74) is 9.36. The minimum atomic E-state index is -3.50. The van der Waals surface area contributed by atoms with Gasteiger partial charge in [-0.25, -0.2) is 13.1 Å². The zero-order chi connectivity index (χ0) is 14.8. The molecule has 19 heavy (non-hydrogen) atoms. The van der Waals surface area contributed by atoms with Crippen LogP contribution in [0, 0.1) is 27.7 Å². The van der Waals surface area contributed by atoms with Gasteiger partial charge in [0.2, 0.25) is 10.0 Å². The number of benzene rings is 1. The summed E-state index contributed by atoms with van der Waals surface area (Å²) in [5, 5.41) is 0. The molecule has 0 fully saturated rings. The Morgan fingerprint density at radius 3 is 2.05 bits per heavy atom. The van der Waals surface area contributed by atoms with Gasteiger partial charge in [-0.3, -0.25) is 0 Å². The number of nitrogens with one attached hydrogen (secondary N) is 1. The molecule has 1 aromatic carbocycles. The van der Waals surface area contributed by atoms with Crippen LogP contribution >= 0.6 is 0 Å². The van der Waals surface area contributed by atoms with Gasteiger partial charge < -0.3 is 5.73 Å². The maximum Gasteiger partial charge on any atom is 0.241 e. The molecular formula is C14H24N2O2S. The SMILES string of the molecule is CCC(N)CNS(=O)(=O)c1c(C)c(C)cc(C)c1C. The maximum absolute atomic E-state index is 12.4. The van der Waals surface area contributed by atoms with Crippen LogP contribution in [0.4, 0.5) is 0 Å². The third-order valence-corrected chi connectivity index (χ3v) is 5.32. The standard InChI is InChI=1S/C14H24N2O2S/c1-6-13(15)8-16-19(17,18)14-11(4)9(2)7-10(3)12(14)5/h7,13,16H,6,8,15H2,1-5H3. The Balaban J connectivity index is 3.22. The van der Waals surface area contributed by atoms with E-state index < -0.39 is 10.0 Å². The lowest BCUT2D eigenvalue weighted by atomic mass is 10.0. The van der Waals surface area contributed by atoms with E-state index in [1.807, 2.05) is 40.7 Å². The highest BCUT2D eigenvalue weighted by atomic mass is 32.2. The molecular weight excluding hydrogens is 260 g/mol. The number of hydrogen-bond donors (Lipinski definition) is 2. The molecule has 1 atom stereocenters. The van der Waals surface area contributed by atoms with Gasteiger partial charge in [0.25, 0.3) is 0 Å². The van der Waals surface area contributed by atoms with Crippen molar-refractivity contribution in [3.8, 4) is 0 Å². The molecule has 0 bridgehead atoms. The third kappa shape index (κ3) is 3.55. The molecule has 0 aliphatic rings. The first kappa shape index (κ1) is 16.1. The summed E-state index contributed by atoms with van der Waals surface area (Å²) in [5.74, 6) is 0. The van der Waals surface area contributed by atoms with Crippen molar-refractivity contribution < 1.29 is 8.42 Å². The molecule has 0 aromatic heterocycles. The summed E-state index contributed by atoms with van der Waals surface area (Å²) >= 11 is 0. The van der Waals surface area contributed by atoms with Crippen molar-refractivity contribution in [1.82, 2.24) is 4.72 Å². The Labute approximate surface area is 116 Å². The number of aryl methyl sites for hydroxylation is 2. The van der Waals surface area contributed by atoms with E-state index in [0.29, 0.717) is 4.90 Å². The molecule has 4 nitrogen and oxygen atoms in total. The molecule has 0 aliphatic carbocycles. The second-order valence-corrected chi connectivity index (χ2v) is 6.81. The molecule has 0 radical (unpaired) electrons. The highest BCUT2D eigenvalue weighted by Crippen LogP contribution is 2.25. The lowest BCUT2D eigenvalue weighted by Crippen LogP contribution is -2.37. The van der Waals surface area contributed by atoms with Gasteiger partial charge in [0.15, 0.2) is 0 Å². The Kier molecular flexibility index (Phi) is 5.12. The van der Waals surface area contributed by atoms with Gasteiger partial charge >= 0.3 is 0 Å². The Bertz CT molecular complexity index is 539. The van der Waals surface area contributed by atoms with Gasteiger partial charge in [-0.2, -0.15) is 0 Å². The topological polar surface area (TPSA) is 72.2 Å². The average molecular weight is 284 g/mol. The van der Waals surface area contributed by atoms with Gasteiger partial charge in [0, 0.05) is 12.6 Å². The largest absolute Gasteiger partial charge is 0.327 e. The highest BCUT2D eigenvalue weighted by molar-refractivity contribution is 7.89. The minimum absolute atomic E-state index is 0.152. The lowest BCUT2D eigenvalue weighted by Gasteiger charge is -2.17. The van der Waals surface area contributed by atoms with Gasteiger partial charge in [-0.1, -0.05) is 13.0 Å². The van der Waals surface area contributed by atoms with E-state index in [1.165, 1.54) is 0 Å².